The normalized spacial score (nSPS) is 10.1. The average molecular weight is 298 g/mol. The van der Waals surface area contributed by atoms with Crippen molar-refractivity contribution in [3.63, 3.8) is 0 Å². The molecule has 2 nitrogen and oxygen atoms in total. The fourth-order valence-electron chi connectivity index (χ4n) is 1.38. The number of ether oxygens (including phenoxy) is 1. The molecule has 2 rings (SSSR count). The zero-order valence-corrected chi connectivity index (χ0v) is 11.3. The largest absolute Gasteiger partial charge is 0.497 e. The van der Waals surface area contributed by atoms with Gasteiger partial charge < -0.3 is 10.1 Å². The van der Waals surface area contributed by atoms with Gasteiger partial charge >= 0.3 is 0 Å². The minimum absolute atomic E-state index is 0.786. The summed E-state index contributed by atoms with van der Waals surface area (Å²) >= 11 is 5.22. The van der Waals surface area contributed by atoms with Gasteiger partial charge in [-0.25, -0.2) is 0 Å². The third-order valence-electron chi connectivity index (χ3n) is 2.26. The van der Waals surface area contributed by atoms with E-state index in [2.05, 4.69) is 38.1 Å². The Labute approximate surface area is 107 Å². The van der Waals surface area contributed by atoms with Gasteiger partial charge in [-0.2, -0.15) is 11.3 Å². The molecule has 0 atom stereocenters. The summed E-state index contributed by atoms with van der Waals surface area (Å²) in [5.74, 6) is 0.880. The van der Waals surface area contributed by atoms with Gasteiger partial charge in [0.15, 0.2) is 0 Å². The van der Waals surface area contributed by atoms with Crippen molar-refractivity contribution in [1.29, 1.82) is 0 Å². The molecule has 0 bridgehead atoms. The molecule has 0 aliphatic rings. The third kappa shape index (κ3) is 2.77. The van der Waals surface area contributed by atoms with Crippen molar-refractivity contribution in [3.05, 3.63) is 45.1 Å². The average Bonchev–Trinajstić information content (AvgIpc) is 2.81. The summed E-state index contributed by atoms with van der Waals surface area (Å²) in [5, 5.41) is 7.51. The van der Waals surface area contributed by atoms with Crippen molar-refractivity contribution >= 4 is 33.0 Å². The van der Waals surface area contributed by atoms with Crippen molar-refractivity contribution in [2.75, 3.05) is 12.4 Å². The molecule has 2 aromatic rings. The highest BCUT2D eigenvalue weighted by atomic mass is 79.9. The summed E-state index contributed by atoms with van der Waals surface area (Å²) in [7, 11) is 1.68. The molecule has 1 heterocycles. The summed E-state index contributed by atoms with van der Waals surface area (Å²) in [6, 6.07) is 8.05. The van der Waals surface area contributed by atoms with Crippen molar-refractivity contribution < 1.29 is 4.74 Å². The number of nitrogens with one attached hydrogen (secondary N) is 1. The smallest absolute Gasteiger partial charge is 0.119 e. The molecule has 0 fully saturated rings. The predicted molar refractivity (Wildman–Crippen MR) is 72.3 cm³/mol. The number of rotatable bonds is 4. The molecule has 16 heavy (non-hydrogen) atoms. The maximum Gasteiger partial charge on any atom is 0.119 e. The molecule has 0 aliphatic carbocycles. The summed E-state index contributed by atoms with van der Waals surface area (Å²) in [5.41, 5.74) is 2.34. The fourth-order valence-corrected chi connectivity index (χ4v) is 2.37. The second-order valence-electron chi connectivity index (χ2n) is 3.32. The van der Waals surface area contributed by atoms with Crippen LogP contribution in [-0.2, 0) is 6.54 Å². The molecular formula is C12H12BrNOS. The van der Waals surface area contributed by atoms with Crippen LogP contribution < -0.4 is 10.1 Å². The number of benzene rings is 1. The lowest BCUT2D eigenvalue weighted by Gasteiger charge is -2.08. The molecular weight excluding hydrogens is 286 g/mol. The van der Waals surface area contributed by atoms with E-state index in [1.54, 1.807) is 18.4 Å². The van der Waals surface area contributed by atoms with Crippen LogP contribution in [0.15, 0.2) is 39.5 Å². The van der Waals surface area contributed by atoms with Gasteiger partial charge in [0.25, 0.3) is 0 Å². The number of anilines is 1. The number of hydrogen-bond donors (Lipinski definition) is 1. The summed E-state index contributed by atoms with van der Waals surface area (Å²) < 4.78 is 6.29. The monoisotopic (exact) mass is 297 g/mol. The van der Waals surface area contributed by atoms with E-state index in [1.165, 1.54) is 5.56 Å². The second kappa shape index (κ2) is 5.37. The Morgan fingerprint density at radius 1 is 1.38 bits per heavy atom. The van der Waals surface area contributed by atoms with E-state index in [9.17, 15) is 0 Å². The van der Waals surface area contributed by atoms with Crippen LogP contribution in [0.4, 0.5) is 5.69 Å². The van der Waals surface area contributed by atoms with Gasteiger partial charge in [0.1, 0.15) is 5.75 Å². The van der Waals surface area contributed by atoms with Crippen molar-refractivity contribution in [2.24, 2.45) is 0 Å². The van der Waals surface area contributed by atoms with Crippen LogP contribution in [0, 0.1) is 0 Å². The Morgan fingerprint density at radius 3 is 2.94 bits per heavy atom. The van der Waals surface area contributed by atoms with Gasteiger partial charge in [0, 0.05) is 22.1 Å². The van der Waals surface area contributed by atoms with Gasteiger partial charge in [-0.1, -0.05) is 15.9 Å². The molecule has 84 valence electrons. The summed E-state index contributed by atoms with van der Waals surface area (Å²) in [6.45, 7) is 0.786. The van der Waals surface area contributed by atoms with Gasteiger partial charge in [0.2, 0.25) is 0 Å². The molecule has 0 saturated heterocycles. The first-order chi connectivity index (χ1) is 7.79. The van der Waals surface area contributed by atoms with Crippen LogP contribution >= 0.6 is 27.3 Å². The molecule has 0 aliphatic heterocycles. The fraction of sp³-hybridized carbons (Fsp3) is 0.167. The topological polar surface area (TPSA) is 21.3 Å². The highest BCUT2D eigenvalue weighted by Gasteiger charge is 2.02. The molecule has 0 spiro atoms. The van der Waals surface area contributed by atoms with Crippen LogP contribution in [0.5, 0.6) is 5.75 Å². The molecule has 0 amide bonds. The SMILES string of the molecule is COc1ccc(Br)c(CNc2ccsc2)c1. The lowest BCUT2D eigenvalue weighted by Crippen LogP contribution is -1.99. The van der Waals surface area contributed by atoms with Gasteiger partial charge in [0.05, 0.1) is 7.11 Å². The lowest BCUT2D eigenvalue weighted by atomic mass is 10.2. The van der Waals surface area contributed by atoms with Crippen LogP contribution in [0.25, 0.3) is 0 Å². The number of halogens is 1. The van der Waals surface area contributed by atoms with Crippen LogP contribution in [0.2, 0.25) is 0 Å². The van der Waals surface area contributed by atoms with E-state index < -0.39 is 0 Å². The third-order valence-corrected chi connectivity index (χ3v) is 3.71. The van der Waals surface area contributed by atoms with Crippen LogP contribution in [-0.4, -0.2) is 7.11 Å². The summed E-state index contributed by atoms with van der Waals surface area (Å²) in [6.07, 6.45) is 0. The first-order valence-electron chi connectivity index (χ1n) is 4.88. The summed E-state index contributed by atoms with van der Waals surface area (Å²) in [4.78, 5) is 0. The molecule has 4 heteroatoms. The Kier molecular flexibility index (Phi) is 3.85. The maximum atomic E-state index is 5.20. The lowest BCUT2D eigenvalue weighted by molar-refractivity contribution is 0.414. The Hall–Kier alpha value is -1.00. The van der Waals surface area contributed by atoms with Crippen molar-refractivity contribution in [1.82, 2.24) is 0 Å². The predicted octanol–water partition coefficient (Wildman–Crippen LogP) is 4.13. The minimum Gasteiger partial charge on any atom is -0.497 e. The zero-order chi connectivity index (χ0) is 11.4. The Bertz CT molecular complexity index is 456. The molecule has 0 radical (unpaired) electrons. The van der Waals surface area contributed by atoms with Crippen LogP contribution in [0.1, 0.15) is 5.56 Å². The van der Waals surface area contributed by atoms with E-state index in [-0.39, 0.29) is 0 Å². The highest BCUT2D eigenvalue weighted by molar-refractivity contribution is 9.10. The van der Waals surface area contributed by atoms with Crippen molar-refractivity contribution in [3.8, 4) is 5.75 Å². The van der Waals surface area contributed by atoms with E-state index in [0.717, 1.165) is 22.5 Å². The van der Waals surface area contributed by atoms with E-state index >= 15 is 0 Å². The van der Waals surface area contributed by atoms with E-state index in [0.29, 0.717) is 0 Å². The van der Waals surface area contributed by atoms with Crippen molar-refractivity contribution in [2.45, 2.75) is 6.54 Å². The van der Waals surface area contributed by atoms with E-state index in [1.807, 2.05) is 18.2 Å². The zero-order valence-electron chi connectivity index (χ0n) is 8.87. The maximum absolute atomic E-state index is 5.20. The molecule has 1 aromatic heterocycles. The van der Waals surface area contributed by atoms with Crippen LogP contribution in [0.3, 0.4) is 0 Å². The quantitative estimate of drug-likeness (QED) is 0.916. The van der Waals surface area contributed by atoms with E-state index in [4.69, 9.17) is 4.74 Å². The standard InChI is InChI=1S/C12H12BrNOS/c1-15-11-2-3-12(13)9(6-11)7-14-10-4-5-16-8-10/h2-6,8,14H,7H2,1H3. The Balaban J connectivity index is 2.08. The van der Waals surface area contributed by atoms with Gasteiger partial charge in [-0.05, 0) is 35.2 Å². The first-order valence-corrected chi connectivity index (χ1v) is 6.61. The molecule has 1 aromatic carbocycles. The first kappa shape index (κ1) is 11.5. The number of hydrogen-bond acceptors (Lipinski definition) is 3. The van der Waals surface area contributed by atoms with Gasteiger partial charge in [-0.15, -0.1) is 0 Å². The Morgan fingerprint density at radius 2 is 2.25 bits per heavy atom. The van der Waals surface area contributed by atoms with Gasteiger partial charge in [-0.3, -0.25) is 0 Å². The highest BCUT2D eigenvalue weighted by Crippen LogP contribution is 2.23. The molecule has 0 saturated carbocycles. The molecule has 0 unspecified atom stereocenters. The minimum atomic E-state index is 0.786. The molecule has 1 N–H and O–H groups in total. The number of thiophene rings is 1. The second-order valence-corrected chi connectivity index (χ2v) is 4.96. The number of methoxy groups -OCH3 is 1.